The molecule has 1 fully saturated rings. The van der Waals surface area contributed by atoms with Crippen molar-refractivity contribution >= 4 is 17.6 Å². The van der Waals surface area contributed by atoms with Crippen LogP contribution in [0.15, 0.2) is 36.0 Å². The number of benzene rings is 1. The molecule has 0 bridgehead atoms. The molecule has 1 saturated heterocycles. The molecule has 1 aromatic carbocycles. The molecular weight excluding hydrogens is 310 g/mol. The van der Waals surface area contributed by atoms with Crippen LogP contribution in [0.5, 0.6) is 5.75 Å². The second kappa shape index (κ2) is 6.55. The molecule has 0 aliphatic carbocycles. The van der Waals surface area contributed by atoms with Gasteiger partial charge in [0.2, 0.25) is 0 Å². The van der Waals surface area contributed by atoms with Gasteiger partial charge < -0.3 is 19.5 Å². The van der Waals surface area contributed by atoms with E-state index in [2.05, 4.69) is 26.1 Å². The largest absolute Gasteiger partial charge is 0.493 e. The lowest BCUT2D eigenvalue weighted by atomic mass is 9.99. The van der Waals surface area contributed by atoms with Crippen molar-refractivity contribution in [2.24, 2.45) is 5.41 Å². The maximum Gasteiger partial charge on any atom is 0.350 e. The Labute approximate surface area is 141 Å². The molecule has 0 atom stereocenters. The second-order valence-corrected chi connectivity index (χ2v) is 7.25. The minimum atomic E-state index is -1.24. The number of nitrogens with one attached hydrogen (secondary N) is 1. The third kappa shape index (κ3) is 5.01. The summed E-state index contributed by atoms with van der Waals surface area (Å²) in [6.45, 7) is 9.90. The quantitative estimate of drug-likeness (QED) is 0.518. The van der Waals surface area contributed by atoms with Crippen molar-refractivity contribution in [3.63, 3.8) is 0 Å². The lowest BCUT2D eigenvalue weighted by molar-refractivity contribution is -0.222. The predicted molar refractivity (Wildman–Crippen MR) is 89.4 cm³/mol. The number of esters is 2. The molecule has 0 aromatic heterocycles. The smallest absolute Gasteiger partial charge is 0.350 e. The summed E-state index contributed by atoms with van der Waals surface area (Å²) in [5.41, 5.74) is 0.607. The number of cyclic esters (lactones) is 2. The number of rotatable bonds is 4. The highest BCUT2D eigenvalue weighted by Gasteiger charge is 2.38. The first kappa shape index (κ1) is 17.8. The molecule has 1 aliphatic heterocycles. The summed E-state index contributed by atoms with van der Waals surface area (Å²) in [6, 6.07) is 7.21. The van der Waals surface area contributed by atoms with Crippen LogP contribution in [0.25, 0.3) is 0 Å². The molecule has 1 aliphatic rings. The van der Waals surface area contributed by atoms with Gasteiger partial charge in [0, 0.05) is 25.7 Å². The van der Waals surface area contributed by atoms with E-state index in [9.17, 15) is 9.59 Å². The van der Waals surface area contributed by atoms with Gasteiger partial charge in [-0.15, -0.1) is 0 Å². The van der Waals surface area contributed by atoms with E-state index in [0.717, 1.165) is 5.75 Å². The lowest BCUT2D eigenvalue weighted by Gasteiger charge is -2.29. The summed E-state index contributed by atoms with van der Waals surface area (Å²) in [4.78, 5) is 23.6. The molecule has 2 rings (SSSR count). The van der Waals surface area contributed by atoms with Crippen LogP contribution in [-0.2, 0) is 19.1 Å². The molecule has 0 saturated carbocycles. The molecule has 0 unspecified atom stereocenters. The molecule has 130 valence electrons. The predicted octanol–water partition coefficient (Wildman–Crippen LogP) is 3.24. The number of hydrogen-bond acceptors (Lipinski definition) is 6. The Morgan fingerprint density at radius 2 is 1.62 bits per heavy atom. The Bertz CT molecular complexity index is 631. The minimum absolute atomic E-state index is 0.0802. The van der Waals surface area contributed by atoms with Crippen molar-refractivity contribution in [1.82, 2.24) is 0 Å². The zero-order chi connectivity index (χ0) is 18.0. The average Bonchev–Trinajstić information content (AvgIpc) is 2.43. The first-order valence-electron chi connectivity index (χ1n) is 7.72. The zero-order valence-electron chi connectivity index (χ0n) is 14.6. The average molecular weight is 333 g/mol. The normalized spacial score (nSPS) is 17.0. The fraction of sp³-hybridized carbons (Fsp3) is 0.444. The molecule has 6 nitrogen and oxygen atoms in total. The summed E-state index contributed by atoms with van der Waals surface area (Å²) < 4.78 is 15.7. The first-order valence-corrected chi connectivity index (χ1v) is 7.72. The molecule has 1 N–H and O–H groups in total. The molecule has 6 heteroatoms. The third-order valence-electron chi connectivity index (χ3n) is 3.03. The Morgan fingerprint density at radius 3 is 2.12 bits per heavy atom. The standard InChI is InChI=1S/C18H23NO5/c1-17(2,3)11-22-13-8-6-12(7-9-13)19-10-14-15(20)23-18(4,5)24-16(14)21/h6-10,19H,11H2,1-5H3. The van der Waals surface area contributed by atoms with E-state index < -0.39 is 17.7 Å². The second-order valence-electron chi connectivity index (χ2n) is 7.25. The van der Waals surface area contributed by atoms with E-state index in [0.29, 0.717) is 12.3 Å². The van der Waals surface area contributed by atoms with E-state index in [1.807, 2.05) is 12.1 Å². The number of carbonyl (C=O) groups excluding carboxylic acids is 2. The number of anilines is 1. The maximum absolute atomic E-state index is 11.8. The van der Waals surface area contributed by atoms with Crippen molar-refractivity contribution < 1.29 is 23.8 Å². The van der Waals surface area contributed by atoms with Crippen LogP contribution in [0.4, 0.5) is 5.69 Å². The molecule has 1 heterocycles. The van der Waals surface area contributed by atoms with Gasteiger partial charge in [-0.1, -0.05) is 20.8 Å². The van der Waals surface area contributed by atoms with Crippen molar-refractivity contribution in [2.45, 2.75) is 40.4 Å². The number of ether oxygens (including phenoxy) is 3. The van der Waals surface area contributed by atoms with Gasteiger partial charge in [-0.05, 0) is 29.7 Å². The summed E-state index contributed by atoms with van der Waals surface area (Å²) in [7, 11) is 0. The summed E-state index contributed by atoms with van der Waals surface area (Å²) in [6.07, 6.45) is 1.28. The van der Waals surface area contributed by atoms with E-state index in [4.69, 9.17) is 14.2 Å². The summed E-state index contributed by atoms with van der Waals surface area (Å²) in [5, 5.41) is 2.88. The fourth-order valence-corrected chi connectivity index (χ4v) is 1.88. The van der Waals surface area contributed by atoms with Gasteiger partial charge in [0.15, 0.2) is 5.57 Å². The summed E-state index contributed by atoms with van der Waals surface area (Å²) >= 11 is 0. The van der Waals surface area contributed by atoms with Crippen molar-refractivity contribution in [3.05, 3.63) is 36.0 Å². The van der Waals surface area contributed by atoms with Gasteiger partial charge in [0.05, 0.1) is 6.61 Å². The van der Waals surface area contributed by atoms with Crippen LogP contribution in [0, 0.1) is 5.41 Å². The van der Waals surface area contributed by atoms with Crippen LogP contribution >= 0.6 is 0 Å². The van der Waals surface area contributed by atoms with Crippen molar-refractivity contribution in [1.29, 1.82) is 0 Å². The maximum atomic E-state index is 11.8. The molecular formula is C18H23NO5. The highest BCUT2D eigenvalue weighted by molar-refractivity contribution is 6.15. The van der Waals surface area contributed by atoms with E-state index in [1.165, 1.54) is 20.0 Å². The number of hydrogen-bond donors (Lipinski definition) is 1. The summed E-state index contributed by atoms with van der Waals surface area (Å²) in [5.74, 6) is -1.92. The molecule has 0 amide bonds. The van der Waals surface area contributed by atoms with Gasteiger partial charge in [0.25, 0.3) is 5.79 Å². The fourth-order valence-electron chi connectivity index (χ4n) is 1.88. The van der Waals surface area contributed by atoms with Crippen LogP contribution in [0.2, 0.25) is 0 Å². The Morgan fingerprint density at radius 1 is 1.08 bits per heavy atom. The highest BCUT2D eigenvalue weighted by Crippen LogP contribution is 2.23. The zero-order valence-corrected chi connectivity index (χ0v) is 14.6. The van der Waals surface area contributed by atoms with Crippen LogP contribution < -0.4 is 10.1 Å². The van der Waals surface area contributed by atoms with Crippen molar-refractivity contribution in [3.8, 4) is 5.75 Å². The first-order chi connectivity index (χ1) is 11.1. The van der Waals surface area contributed by atoms with Crippen molar-refractivity contribution in [2.75, 3.05) is 11.9 Å². The minimum Gasteiger partial charge on any atom is -0.493 e. The Hall–Kier alpha value is -2.50. The third-order valence-corrected chi connectivity index (χ3v) is 3.03. The molecule has 1 aromatic rings. The van der Waals surface area contributed by atoms with E-state index >= 15 is 0 Å². The monoisotopic (exact) mass is 333 g/mol. The van der Waals surface area contributed by atoms with Crippen LogP contribution in [0.1, 0.15) is 34.6 Å². The Balaban J connectivity index is 1.99. The number of carbonyl (C=O) groups is 2. The van der Waals surface area contributed by atoms with Gasteiger partial charge >= 0.3 is 11.9 Å². The van der Waals surface area contributed by atoms with Gasteiger partial charge in [-0.25, -0.2) is 9.59 Å². The van der Waals surface area contributed by atoms with Gasteiger partial charge in [-0.2, -0.15) is 0 Å². The van der Waals surface area contributed by atoms with Crippen LogP contribution in [-0.4, -0.2) is 24.3 Å². The molecule has 0 spiro atoms. The van der Waals surface area contributed by atoms with E-state index in [-0.39, 0.29) is 11.0 Å². The van der Waals surface area contributed by atoms with Gasteiger partial charge in [0.1, 0.15) is 5.75 Å². The topological polar surface area (TPSA) is 73.9 Å². The molecule has 0 radical (unpaired) electrons. The lowest BCUT2D eigenvalue weighted by Crippen LogP contribution is -2.42. The SMILES string of the molecule is CC(C)(C)COc1ccc(NC=C2C(=O)OC(C)(C)OC2=O)cc1. The molecule has 24 heavy (non-hydrogen) atoms. The highest BCUT2D eigenvalue weighted by atomic mass is 16.7. The van der Waals surface area contributed by atoms with E-state index in [1.54, 1.807) is 12.1 Å². The van der Waals surface area contributed by atoms with Crippen LogP contribution in [0.3, 0.4) is 0 Å². The van der Waals surface area contributed by atoms with Gasteiger partial charge in [-0.3, -0.25) is 0 Å². The Kier molecular flexibility index (Phi) is 4.87.